The zero-order chi connectivity index (χ0) is 13.0. The molecule has 1 aromatic carbocycles. The Balaban J connectivity index is 2.06. The summed E-state index contributed by atoms with van der Waals surface area (Å²) in [5.74, 6) is -0.972. The van der Waals surface area contributed by atoms with Gasteiger partial charge in [-0.25, -0.2) is 8.78 Å². The molecule has 0 amide bonds. The van der Waals surface area contributed by atoms with Gasteiger partial charge in [-0.2, -0.15) is 0 Å². The number of piperidine rings is 1. The highest BCUT2D eigenvalue weighted by molar-refractivity contribution is 5.18. The normalized spacial score (nSPS) is 21.2. The van der Waals surface area contributed by atoms with E-state index in [1.54, 1.807) is 6.07 Å². The first-order chi connectivity index (χ1) is 8.70. The second kappa shape index (κ2) is 6.25. The maximum Gasteiger partial charge on any atom is 0.130 e. The largest absolute Gasteiger partial charge is 0.330 e. The average Bonchev–Trinajstić information content (AvgIpc) is 2.35. The summed E-state index contributed by atoms with van der Waals surface area (Å²) < 4.78 is 26.5. The molecule has 0 aliphatic carbocycles. The van der Waals surface area contributed by atoms with Crippen molar-refractivity contribution in [1.82, 2.24) is 4.90 Å². The van der Waals surface area contributed by atoms with Crippen molar-refractivity contribution in [2.24, 2.45) is 5.73 Å². The minimum Gasteiger partial charge on any atom is -0.330 e. The van der Waals surface area contributed by atoms with Crippen LogP contribution in [-0.2, 0) is 6.54 Å². The Morgan fingerprint density at radius 1 is 1.28 bits per heavy atom. The summed E-state index contributed by atoms with van der Waals surface area (Å²) in [5.41, 5.74) is 6.18. The molecule has 4 heteroatoms. The molecule has 1 aliphatic rings. The predicted molar refractivity (Wildman–Crippen MR) is 68.1 cm³/mol. The lowest BCUT2D eigenvalue weighted by molar-refractivity contribution is 0.132. The quantitative estimate of drug-likeness (QED) is 0.895. The van der Waals surface area contributed by atoms with Crippen LogP contribution in [0.4, 0.5) is 8.78 Å². The highest BCUT2D eigenvalue weighted by Gasteiger charge is 2.22. The topological polar surface area (TPSA) is 29.3 Å². The number of likely N-dealkylation sites (tertiary alicyclic amines) is 1. The lowest BCUT2D eigenvalue weighted by Crippen LogP contribution is -2.40. The van der Waals surface area contributed by atoms with Crippen molar-refractivity contribution in [2.45, 2.75) is 38.3 Å². The molecule has 1 atom stereocenters. The molecule has 1 heterocycles. The number of nitrogens with zero attached hydrogens (tertiary/aromatic N) is 1. The van der Waals surface area contributed by atoms with E-state index in [0.717, 1.165) is 31.9 Å². The second-order valence-electron chi connectivity index (χ2n) is 4.93. The van der Waals surface area contributed by atoms with Gasteiger partial charge in [-0.3, -0.25) is 4.90 Å². The molecule has 100 valence electrons. The van der Waals surface area contributed by atoms with Crippen LogP contribution in [0.5, 0.6) is 0 Å². The monoisotopic (exact) mass is 254 g/mol. The van der Waals surface area contributed by atoms with Gasteiger partial charge in [0.15, 0.2) is 0 Å². The fraction of sp³-hybridized carbons (Fsp3) is 0.571. The fourth-order valence-corrected chi connectivity index (χ4v) is 2.66. The van der Waals surface area contributed by atoms with Crippen LogP contribution in [0.3, 0.4) is 0 Å². The number of nitrogens with two attached hydrogens (primary N) is 1. The van der Waals surface area contributed by atoms with Crippen molar-refractivity contribution in [3.8, 4) is 0 Å². The van der Waals surface area contributed by atoms with E-state index in [-0.39, 0.29) is 0 Å². The molecule has 0 radical (unpaired) electrons. The summed E-state index contributed by atoms with van der Waals surface area (Å²) in [4.78, 5) is 2.27. The zero-order valence-corrected chi connectivity index (χ0v) is 10.5. The molecule has 18 heavy (non-hydrogen) atoms. The van der Waals surface area contributed by atoms with Crippen LogP contribution in [0, 0.1) is 11.6 Å². The lowest BCUT2D eigenvalue weighted by atomic mass is 9.98. The van der Waals surface area contributed by atoms with E-state index in [4.69, 9.17) is 5.73 Å². The van der Waals surface area contributed by atoms with Gasteiger partial charge in [0.2, 0.25) is 0 Å². The summed E-state index contributed by atoms with van der Waals surface area (Å²) in [6, 6.07) is 4.25. The van der Waals surface area contributed by atoms with Gasteiger partial charge < -0.3 is 5.73 Å². The van der Waals surface area contributed by atoms with Crippen LogP contribution in [0.2, 0.25) is 0 Å². The summed E-state index contributed by atoms with van der Waals surface area (Å²) in [5, 5.41) is 0. The molecule has 1 aliphatic heterocycles. The predicted octanol–water partition coefficient (Wildman–Crippen LogP) is 2.67. The number of benzene rings is 1. The molecule has 2 N–H and O–H groups in total. The Hall–Kier alpha value is -1.00. The van der Waals surface area contributed by atoms with E-state index in [2.05, 4.69) is 4.90 Å². The van der Waals surface area contributed by atoms with Gasteiger partial charge in [0.05, 0.1) is 0 Å². The average molecular weight is 254 g/mol. The molecule has 2 nitrogen and oxygen atoms in total. The van der Waals surface area contributed by atoms with Crippen LogP contribution in [0.25, 0.3) is 0 Å². The molecular formula is C14H20F2N2. The molecule has 1 saturated heterocycles. The fourth-order valence-electron chi connectivity index (χ4n) is 2.66. The van der Waals surface area contributed by atoms with Gasteiger partial charge in [0.1, 0.15) is 11.6 Å². The second-order valence-corrected chi connectivity index (χ2v) is 4.93. The minimum atomic E-state index is -0.520. The highest BCUT2D eigenvalue weighted by atomic mass is 19.1. The molecule has 0 spiro atoms. The van der Waals surface area contributed by atoms with Crippen molar-refractivity contribution in [1.29, 1.82) is 0 Å². The van der Waals surface area contributed by atoms with Gasteiger partial charge in [0.25, 0.3) is 0 Å². The van der Waals surface area contributed by atoms with E-state index in [1.807, 2.05) is 0 Å². The van der Waals surface area contributed by atoms with Gasteiger partial charge in [-0.05, 0) is 38.4 Å². The Morgan fingerprint density at radius 3 is 2.83 bits per heavy atom. The van der Waals surface area contributed by atoms with Gasteiger partial charge in [-0.1, -0.05) is 12.5 Å². The lowest BCUT2D eigenvalue weighted by Gasteiger charge is -2.35. The molecule has 0 saturated carbocycles. The third-order valence-corrected chi connectivity index (χ3v) is 3.64. The number of hydrogen-bond acceptors (Lipinski definition) is 2. The Bertz CT molecular complexity index is 393. The molecule has 1 aromatic rings. The summed E-state index contributed by atoms with van der Waals surface area (Å²) in [6.45, 7) is 2.19. The molecular weight excluding hydrogens is 234 g/mol. The maximum absolute atomic E-state index is 13.6. The molecule has 0 bridgehead atoms. The first kappa shape index (κ1) is 13.4. The van der Waals surface area contributed by atoms with E-state index in [9.17, 15) is 8.78 Å². The molecule has 1 fully saturated rings. The van der Waals surface area contributed by atoms with Crippen LogP contribution in [-0.4, -0.2) is 24.0 Å². The smallest absolute Gasteiger partial charge is 0.130 e. The standard InChI is InChI=1S/C14H20F2N2/c15-12-5-4-11(14(16)9-12)10-18-8-2-1-3-13(18)6-7-17/h4-5,9,13H,1-3,6-8,10,17H2. The molecule has 2 rings (SSSR count). The molecule has 1 unspecified atom stereocenters. The van der Waals surface area contributed by atoms with E-state index in [1.165, 1.54) is 12.5 Å². The zero-order valence-electron chi connectivity index (χ0n) is 10.5. The third-order valence-electron chi connectivity index (χ3n) is 3.64. The van der Waals surface area contributed by atoms with Crippen molar-refractivity contribution in [2.75, 3.05) is 13.1 Å². The van der Waals surface area contributed by atoms with E-state index in [0.29, 0.717) is 24.7 Å². The Kier molecular flexibility index (Phi) is 4.66. The molecule has 0 aromatic heterocycles. The summed E-state index contributed by atoms with van der Waals surface area (Å²) >= 11 is 0. The van der Waals surface area contributed by atoms with Crippen LogP contribution < -0.4 is 5.73 Å². The first-order valence-electron chi connectivity index (χ1n) is 6.58. The van der Waals surface area contributed by atoms with Crippen LogP contribution >= 0.6 is 0 Å². The Morgan fingerprint density at radius 2 is 2.11 bits per heavy atom. The van der Waals surface area contributed by atoms with Crippen molar-refractivity contribution in [3.63, 3.8) is 0 Å². The SMILES string of the molecule is NCCC1CCCCN1Cc1ccc(F)cc1F. The van der Waals surface area contributed by atoms with Gasteiger partial charge >= 0.3 is 0 Å². The minimum absolute atomic E-state index is 0.438. The van der Waals surface area contributed by atoms with Crippen molar-refractivity contribution in [3.05, 3.63) is 35.4 Å². The maximum atomic E-state index is 13.6. The summed E-state index contributed by atoms with van der Waals surface area (Å²) in [7, 11) is 0. The summed E-state index contributed by atoms with van der Waals surface area (Å²) in [6.07, 6.45) is 4.43. The van der Waals surface area contributed by atoms with E-state index < -0.39 is 11.6 Å². The van der Waals surface area contributed by atoms with Crippen LogP contribution in [0.1, 0.15) is 31.2 Å². The van der Waals surface area contributed by atoms with Gasteiger partial charge in [0, 0.05) is 24.2 Å². The Labute approximate surface area is 107 Å². The number of rotatable bonds is 4. The van der Waals surface area contributed by atoms with Gasteiger partial charge in [-0.15, -0.1) is 0 Å². The first-order valence-corrected chi connectivity index (χ1v) is 6.58. The third kappa shape index (κ3) is 3.27. The number of hydrogen-bond donors (Lipinski definition) is 1. The van der Waals surface area contributed by atoms with Crippen molar-refractivity contribution >= 4 is 0 Å². The number of halogens is 2. The van der Waals surface area contributed by atoms with E-state index >= 15 is 0 Å². The van der Waals surface area contributed by atoms with Crippen LogP contribution in [0.15, 0.2) is 18.2 Å². The van der Waals surface area contributed by atoms with Crippen molar-refractivity contribution < 1.29 is 8.78 Å². The highest BCUT2D eigenvalue weighted by Crippen LogP contribution is 2.22.